The predicted molar refractivity (Wildman–Crippen MR) is 45.7 cm³/mol. The topological polar surface area (TPSA) is 57.8 Å². The summed E-state index contributed by atoms with van der Waals surface area (Å²) in [7, 11) is 0. The molecule has 0 unspecified atom stereocenters. The standard InChI is InChI=1S/C8H11N3O/c1-2-3-4-9-8(12)7-5-10-11-6-7/h2,5-6H,1,3-4H2,(H,9,12)(H,10,11). The van der Waals surface area contributed by atoms with E-state index >= 15 is 0 Å². The Labute approximate surface area is 70.7 Å². The SMILES string of the molecule is C=CCCNC(=O)c1cn[nH]c1. The minimum Gasteiger partial charge on any atom is -0.352 e. The summed E-state index contributed by atoms with van der Waals surface area (Å²) in [4.78, 5) is 11.2. The maximum Gasteiger partial charge on any atom is 0.254 e. The van der Waals surface area contributed by atoms with Gasteiger partial charge in [-0.15, -0.1) is 6.58 Å². The lowest BCUT2D eigenvalue weighted by Crippen LogP contribution is -2.23. The van der Waals surface area contributed by atoms with Gasteiger partial charge in [-0.3, -0.25) is 9.89 Å². The fraction of sp³-hybridized carbons (Fsp3) is 0.250. The minimum atomic E-state index is -0.106. The zero-order valence-corrected chi connectivity index (χ0v) is 6.71. The predicted octanol–water partition coefficient (Wildman–Crippen LogP) is 0.716. The molecule has 1 heterocycles. The van der Waals surface area contributed by atoms with Crippen molar-refractivity contribution >= 4 is 5.91 Å². The summed E-state index contributed by atoms with van der Waals surface area (Å²) >= 11 is 0. The zero-order valence-electron chi connectivity index (χ0n) is 6.71. The van der Waals surface area contributed by atoms with Crippen molar-refractivity contribution in [3.05, 3.63) is 30.6 Å². The fourth-order valence-corrected chi connectivity index (χ4v) is 0.765. The number of rotatable bonds is 4. The van der Waals surface area contributed by atoms with Crippen LogP contribution in [0, 0.1) is 0 Å². The molecule has 4 heteroatoms. The largest absolute Gasteiger partial charge is 0.352 e. The van der Waals surface area contributed by atoms with E-state index < -0.39 is 0 Å². The zero-order chi connectivity index (χ0) is 8.81. The highest BCUT2D eigenvalue weighted by Crippen LogP contribution is 1.92. The van der Waals surface area contributed by atoms with Crippen LogP contribution in [0.4, 0.5) is 0 Å². The third kappa shape index (κ3) is 2.23. The van der Waals surface area contributed by atoms with Gasteiger partial charge in [-0.1, -0.05) is 6.08 Å². The summed E-state index contributed by atoms with van der Waals surface area (Å²) in [6.45, 7) is 4.17. The van der Waals surface area contributed by atoms with Crippen LogP contribution in [-0.2, 0) is 0 Å². The molecule has 0 spiro atoms. The summed E-state index contributed by atoms with van der Waals surface area (Å²) in [6.07, 6.45) is 5.59. The maximum atomic E-state index is 11.2. The van der Waals surface area contributed by atoms with Gasteiger partial charge >= 0.3 is 0 Å². The first kappa shape index (κ1) is 8.52. The summed E-state index contributed by atoms with van der Waals surface area (Å²) in [5.41, 5.74) is 0.555. The van der Waals surface area contributed by atoms with Gasteiger partial charge in [0.25, 0.3) is 5.91 Å². The Bertz CT molecular complexity index is 253. The van der Waals surface area contributed by atoms with Gasteiger partial charge in [0.2, 0.25) is 0 Å². The Kier molecular flexibility index (Phi) is 3.07. The first-order chi connectivity index (χ1) is 5.84. The van der Waals surface area contributed by atoms with Crippen LogP contribution in [0.3, 0.4) is 0 Å². The molecule has 0 radical (unpaired) electrons. The molecule has 0 atom stereocenters. The van der Waals surface area contributed by atoms with Crippen LogP contribution >= 0.6 is 0 Å². The number of amides is 1. The van der Waals surface area contributed by atoms with Gasteiger partial charge in [0.15, 0.2) is 0 Å². The number of carbonyl (C=O) groups is 1. The van der Waals surface area contributed by atoms with Gasteiger partial charge in [-0.25, -0.2) is 0 Å². The van der Waals surface area contributed by atoms with Crippen LogP contribution in [-0.4, -0.2) is 22.6 Å². The van der Waals surface area contributed by atoms with Crippen LogP contribution in [0.5, 0.6) is 0 Å². The smallest absolute Gasteiger partial charge is 0.254 e. The van der Waals surface area contributed by atoms with Gasteiger partial charge in [0.05, 0.1) is 11.8 Å². The number of carbonyl (C=O) groups excluding carboxylic acids is 1. The number of aromatic amines is 1. The molecule has 0 aliphatic rings. The number of H-pyrrole nitrogens is 1. The average Bonchev–Trinajstić information content (AvgIpc) is 2.56. The molecular weight excluding hydrogens is 154 g/mol. The van der Waals surface area contributed by atoms with Gasteiger partial charge < -0.3 is 5.32 Å². The molecule has 0 bridgehead atoms. The lowest BCUT2D eigenvalue weighted by Gasteiger charge is -1.98. The van der Waals surface area contributed by atoms with Crippen molar-refractivity contribution in [3.8, 4) is 0 Å². The van der Waals surface area contributed by atoms with E-state index in [0.717, 1.165) is 6.42 Å². The van der Waals surface area contributed by atoms with E-state index in [9.17, 15) is 4.79 Å². The van der Waals surface area contributed by atoms with Crippen LogP contribution in [0.15, 0.2) is 25.0 Å². The molecule has 1 rings (SSSR count). The molecule has 0 aliphatic carbocycles. The van der Waals surface area contributed by atoms with Crippen molar-refractivity contribution in [1.29, 1.82) is 0 Å². The summed E-state index contributed by atoms with van der Waals surface area (Å²) in [6, 6.07) is 0. The molecule has 4 nitrogen and oxygen atoms in total. The number of hydrogen-bond acceptors (Lipinski definition) is 2. The van der Waals surface area contributed by atoms with Crippen molar-refractivity contribution in [1.82, 2.24) is 15.5 Å². The van der Waals surface area contributed by atoms with Crippen molar-refractivity contribution in [2.45, 2.75) is 6.42 Å². The molecule has 0 saturated carbocycles. The molecule has 0 aromatic carbocycles. The summed E-state index contributed by atoms with van der Waals surface area (Å²) < 4.78 is 0. The summed E-state index contributed by atoms with van der Waals surface area (Å²) in [5, 5.41) is 8.95. The lowest BCUT2D eigenvalue weighted by atomic mass is 10.3. The first-order valence-electron chi connectivity index (χ1n) is 3.72. The fourth-order valence-electron chi connectivity index (χ4n) is 0.765. The molecule has 1 aromatic heterocycles. The molecule has 64 valence electrons. The van der Waals surface area contributed by atoms with Crippen molar-refractivity contribution in [2.24, 2.45) is 0 Å². The van der Waals surface area contributed by atoms with Crippen molar-refractivity contribution in [2.75, 3.05) is 6.54 Å². The Balaban J connectivity index is 2.34. The van der Waals surface area contributed by atoms with Gasteiger partial charge in [-0.2, -0.15) is 5.10 Å². The van der Waals surface area contributed by atoms with Crippen LogP contribution in [0.1, 0.15) is 16.8 Å². The Hall–Kier alpha value is -1.58. The van der Waals surface area contributed by atoms with E-state index in [1.165, 1.54) is 6.20 Å². The molecule has 0 aliphatic heterocycles. The monoisotopic (exact) mass is 165 g/mol. The minimum absolute atomic E-state index is 0.106. The van der Waals surface area contributed by atoms with E-state index in [1.54, 1.807) is 12.3 Å². The van der Waals surface area contributed by atoms with E-state index in [4.69, 9.17) is 0 Å². The second kappa shape index (κ2) is 4.33. The van der Waals surface area contributed by atoms with Crippen LogP contribution in [0.2, 0.25) is 0 Å². The highest BCUT2D eigenvalue weighted by atomic mass is 16.1. The number of nitrogens with one attached hydrogen (secondary N) is 2. The Morgan fingerprint density at radius 1 is 1.83 bits per heavy atom. The molecule has 2 N–H and O–H groups in total. The van der Waals surface area contributed by atoms with Crippen LogP contribution < -0.4 is 5.32 Å². The molecular formula is C8H11N3O. The summed E-state index contributed by atoms with van der Waals surface area (Å²) in [5.74, 6) is -0.106. The second-order valence-corrected chi connectivity index (χ2v) is 2.32. The molecule has 1 aromatic rings. The number of nitrogens with zero attached hydrogens (tertiary/aromatic N) is 1. The van der Waals surface area contributed by atoms with E-state index in [2.05, 4.69) is 22.1 Å². The van der Waals surface area contributed by atoms with Gasteiger partial charge in [0, 0.05) is 12.7 Å². The molecule has 0 fully saturated rings. The molecule has 12 heavy (non-hydrogen) atoms. The van der Waals surface area contributed by atoms with E-state index in [0.29, 0.717) is 12.1 Å². The molecule has 0 saturated heterocycles. The lowest BCUT2D eigenvalue weighted by molar-refractivity contribution is 0.0954. The second-order valence-electron chi connectivity index (χ2n) is 2.32. The van der Waals surface area contributed by atoms with Crippen molar-refractivity contribution < 1.29 is 4.79 Å². The van der Waals surface area contributed by atoms with Gasteiger partial charge in [-0.05, 0) is 6.42 Å². The first-order valence-corrected chi connectivity index (χ1v) is 3.72. The maximum absolute atomic E-state index is 11.2. The third-order valence-corrected chi connectivity index (χ3v) is 1.39. The third-order valence-electron chi connectivity index (χ3n) is 1.39. The van der Waals surface area contributed by atoms with Gasteiger partial charge in [0.1, 0.15) is 0 Å². The van der Waals surface area contributed by atoms with Crippen molar-refractivity contribution in [3.63, 3.8) is 0 Å². The average molecular weight is 165 g/mol. The highest BCUT2D eigenvalue weighted by molar-refractivity contribution is 5.93. The quantitative estimate of drug-likeness (QED) is 0.510. The Morgan fingerprint density at radius 2 is 2.67 bits per heavy atom. The van der Waals surface area contributed by atoms with E-state index in [1.807, 2.05) is 0 Å². The normalized spacial score (nSPS) is 9.33. The van der Waals surface area contributed by atoms with E-state index in [-0.39, 0.29) is 5.91 Å². The van der Waals surface area contributed by atoms with Crippen LogP contribution in [0.25, 0.3) is 0 Å². The highest BCUT2D eigenvalue weighted by Gasteiger charge is 2.03. The Morgan fingerprint density at radius 3 is 3.25 bits per heavy atom. The number of aromatic nitrogens is 2. The number of hydrogen-bond donors (Lipinski definition) is 2. The molecule has 1 amide bonds.